The first-order valence-electron chi connectivity index (χ1n) is 14.4. The van der Waals surface area contributed by atoms with E-state index in [1.165, 1.54) is 6.26 Å². The van der Waals surface area contributed by atoms with E-state index in [-0.39, 0.29) is 28.5 Å². The number of hydrogen-bond donors (Lipinski definition) is 0. The molecule has 4 rings (SSSR count). The summed E-state index contributed by atoms with van der Waals surface area (Å²) in [6.45, 7) is 10.3. The molecule has 3 aromatic carbocycles. The smallest absolute Gasteiger partial charge is 0.338 e. The molecule has 4 aromatic rings. The van der Waals surface area contributed by atoms with Crippen LogP contribution in [0.2, 0.25) is 18.1 Å². The molecule has 0 fully saturated rings. The largest absolute Gasteiger partial charge is 0.465 e. The number of ether oxygens (including phenoxy) is 3. The summed E-state index contributed by atoms with van der Waals surface area (Å²) in [5.41, 5.74) is 0.852. The lowest BCUT2D eigenvalue weighted by molar-refractivity contribution is -0.104. The summed E-state index contributed by atoms with van der Waals surface area (Å²) in [5.74, 6) is -1.82. The van der Waals surface area contributed by atoms with E-state index in [0.717, 1.165) is 0 Å². The number of rotatable bonds is 12. The zero-order chi connectivity index (χ0) is 31.7. The molecule has 0 unspecified atom stereocenters. The molecule has 0 spiro atoms. The van der Waals surface area contributed by atoms with Gasteiger partial charge in [0.25, 0.3) is 0 Å². The average molecular weight is 615 g/mol. The van der Waals surface area contributed by atoms with Gasteiger partial charge in [-0.2, -0.15) is 0 Å². The third-order valence-electron chi connectivity index (χ3n) is 7.67. The second kappa shape index (κ2) is 14.3. The molecule has 0 bridgehead atoms. The summed E-state index contributed by atoms with van der Waals surface area (Å²) in [6, 6.07) is 28.5. The van der Waals surface area contributed by atoms with Crippen molar-refractivity contribution < 1.29 is 37.4 Å². The fourth-order valence-electron chi connectivity index (χ4n) is 4.08. The quantitative estimate of drug-likeness (QED) is 0.0911. The zero-order valence-corrected chi connectivity index (χ0v) is 26.6. The third kappa shape index (κ3) is 8.33. The van der Waals surface area contributed by atoms with Crippen LogP contribution in [0.1, 0.15) is 63.7 Å². The molecule has 0 aliphatic heterocycles. The van der Waals surface area contributed by atoms with E-state index < -0.39 is 44.5 Å². The van der Waals surface area contributed by atoms with Crippen molar-refractivity contribution in [2.75, 3.05) is 6.61 Å². The third-order valence-corrected chi connectivity index (χ3v) is 12.2. The molecule has 0 radical (unpaired) electrons. The molecule has 0 aliphatic carbocycles. The Morgan fingerprint density at radius 2 is 1.11 bits per heavy atom. The first-order chi connectivity index (χ1) is 21.0. The Morgan fingerprint density at radius 1 is 0.659 bits per heavy atom. The van der Waals surface area contributed by atoms with Crippen molar-refractivity contribution in [2.24, 2.45) is 0 Å². The Morgan fingerprint density at radius 3 is 1.55 bits per heavy atom. The fourth-order valence-corrected chi connectivity index (χ4v) is 5.09. The van der Waals surface area contributed by atoms with Crippen LogP contribution in [0.25, 0.3) is 0 Å². The van der Waals surface area contributed by atoms with Crippen molar-refractivity contribution in [2.45, 2.75) is 57.2 Å². The summed E-state index contributed by atoms with van der Waals surface area (Å²) in [7, 11) is -2.40. The number of furan rings is 1. The molecule has 44 heavy (non-hydrogen) atoms. The molecule has 0 N–H and O–H groups in total. The SMILES string of the molecule is CC(C)(C)[Si](C)(C)OC[C@H](OC(=O)c1ccccc1)[C@@H](OC(=O)c1ccccc1)[C@H](OC(=O)c1ccccc1)c1ccco1. The molecular formula is C35H38O8Si. The van der Waals surface area contributed by atoms with E-state index in [1.807, 2.05) is 0 Å². The lowest BCUT2D eigenvalue weighted by Gasteiger charge is -2.38. The Kier molecular flexibility index (Phi) is 10.6. The van der Waals surface area contributed by atoms with Crippen molar-refractivity contribution in [1.82, 2.24) is 0 Å². The normalized spacial score (nSPS) is 13.8. The minimum absolute atomic E-state index is 0.123. The number of carbonyl (C=O) groups excluding carboxylic acids is 3. The Labute approximate surface area is 259 Å². The van der Waals surface area contributed by atoms with E-state index in [9.17, 15) is 14.4 Å². The monoisotopic (exact) mass is 614 g/mol. The standard InChI is InChI=1S/C35H38O8Si/c1-35(2,3)44(4,5)40-24-29(41-32(36)25-16-9-6-10-17-25)31(43-34(38)27-20-13-8-14-21-27)30(28-22-15-23-39-28)42-33(37)26-18-11-7-12-19-26/h6-23,29-31H,24H2,1-5H3/t29-,30+,31+/m0/s1. The maximum Gasteiger partial charge on any atom is 0.338 e. The molecule has 1 aromatic heterocycles. The van der Waals surface area contributed by atoms with Crippen LogP contribution in [0.15, 0.2) is 114 Å². The van der Waals surface area contributed by atoms with Crippen LogP contribution < -0.4 is 0 Å². The van der Waals surface area contributed by atoms with Crippen molar-refractivity contribution in [3.8, 4) is 0 Å². The zero-order valence-electron chi connectivity index (χ0n) is 25.6. The Bertz CT molecular complexity index is 1500. The summed E-state index contributed by atoms with van der Waals surface area (Å²) in [6.07, 6.45) is -2.41. The van der Waals surface area contributed by atoms with Crippen LogP contribution in [-0.4, -0.2) is 45.0 Å². The van der Waals surface area contributed by atoms with Crippen molar-refractivity contribution >= 4 is 26.2 Å². The number of carbonyl (C=O) groups is 3. The number of hydrogen-bond acceptors (Lipinski definition) is 8. The van der Waals surface area contributed by atoms with Gasteiger partial charge in [0, 0.05) is 0 Å². The highest BCUT2D eigenvalue weighted by Crippen LogP contribution is 2.38. The van der Waals surface area contributed by atoms with Gasteiger partial charge in [-0.15, -0.1) is 0 Å². The molecule has 9 heteroatoms. The first-order valence-corrected chi connectivity index (χ1v) is 17.3. The van der Waals surface area contributed by atoms with Crippen LogP contribution >= 0.6 is 0 Å². The molecule has 0 saturated carbocycles. The molecule has 1 heterocycles. The number of esters is 3. The molecule has 3 atom stereocenters. The minimum atomic E-state index is -2.40. The van der Waals surface area contributed by atoms with E-state index in [4.69, 9.17) is 23.1 Å². The highest BCUT2D eigenvalue weighted by molar-refractivity contribution is 6.74. The second-order valence-corrected chi connectivity index (χ2v) is 16.6. The van der Waals surface area contributed by atoms with Crippen molar-refractivity contribution in [3.05, 3.63) is 132 Å². The van der Waals surface area contributed by atoms with Gasteiger partial charge in [-0.1, -0.05) is 75.4 Å². The second-order valence-electron chi connectivity index (χ2n) is 11.8. The van der Waals surface area contributed by atoms with Crippen LogP contribution in [0, 0.1) is 0 Å². The Hall–Kier alpha value is -4.47. The molecular weight excluding hydrogens is 576 g/mol. The summed E-state index contributed by atoms with van der Waals surface area (Å²) in [4.78, 5) is 40.4. The van der Waals surface area contributed by atoms with Crippen LogP contribution in [0.4, 0.5) is 0 Å². The lowest BCUT2D eigenvalue weighted by Crippen LogP contribution is -2.48. The van der Waals surface area contributed by atoms with Gasteiger partial charge in [-0.05, 0) is 66.7 Å². The number of benzene rings is 3. The first kappa shape index (κ1) is 32.4. The molecule has 0 amide bonds. The summed E-state index contributed by atoms with van der Waals surface area (Å²) < 4.78 is 30.4. The van der Waals surface area contributed by atoms with Crippen LogP contribution in [-0.2, 0) is 18.6 Å². The fraction of sp³-hybridized carbons (Fsp3) is 0.286. The minimum Gasteiger partial charge on any atom is -0.465 e. The molecule has 8 nitrogen and oxygen atoms in total. The summed E-state index contributed by atoms with van der Waals surface area (Å²) >= 11 is 0. The van der Waals surface area contributed by atoms with Gasteiger partial charge in [-0.3, -0.25) is 0 Å². The summed E-state index contributed by atoms with van der Waals surface area (Å²) in [5, 5.41) is -0.169. The predicted molar refractivity (Wildman–Crippen MR) is 168 cm³/mol. The van der Waals surface area contributed by atoms with E-state index in [1.54, 1.807) is 103 Å². The lowest BCUT2D eigenvalue weighted by atomic mass is 10.0. The average Bonchev–Trinajstić information content (AvgIpc) is 3.56. The van der Waals surface area contributed by atoms with Gasteiger partial charge in [0.05, 0.1) is 29.6 Å². The van der Waals surface area contributed by atoms with Gasteiger partial charge in [0.1, 0.15) is 5.76 Å². The van der Waals surface area contributed by atoms with Crippen LogP contribution in [0.5, 0.6) is 0 Å². The maximum absolute atomic E-state index is 13.5. The predicted octanol–water partition coefficient (Wildman–Crippen LogP) is 7.65. The van der Waals surface area contributed by atoms with E-state index in [2.05, 4.69) is 33.9 Å². The van der Waals surface area contributed by atoms with Crippen molar-refractivity contribution in [1.29, 1.82) is 0 Å². The Balaban J connectivity index is 1.78. The van der Waals surface area contributed by atoms with Gasteiger partial charge in [0.2, 0.25) is 0 Å². The molecule has 0 aliphatic rings. The van der Waals surface area contributed by atoms with Crippen LogP contribution in [0.3, 0.4) is 0 Å². The van der Waals surface area contributed by atoms with Gasteiger partial charge in [-0.25, -0.2) is 14.4 Å². The maximum atomic E-state index is 13.5. The highest BCUT2D eigenvalue weighted by atomic mass is 28.4. The van der Waals surface area contributed by atoms with Crippen molar-refractivity contribution in [3.63, 3.8) is 0 Å². The van der Waals surface area contributed by atoms with Gasteiger partial charge < -0.3 is 23.1 Å². The van der Waals surface area contributed by atoms with E-state index in [0.29, 0.717) is 5.56 Å². The molecule has 230 valence electrons. The van der Waals surface area contributed by atoms with Gasteiger partial charge >= 0.3 is 17.9 Å². The van der Waals surface area contributed by atoms with Gasteiger partial charge in [0.15, 0.2) is 26.6 Å². The molecule has 0 saturated heterocycles. The van der Waals surface area contributed by atoms with E-state index >= 15 is 0 Å². The highest BCUT2D eigenvalue weighted by Gasteiger charge is 2.44. The topological polar surface area (TPSA) is 101 Å².